The lowest BCUT2D eigenvalue weighted by Gasteiger charge is -2.39. The molecule has 29 heavy (non-hydrogen) atoms. The molecule has 1 atom stereocenters. The van der Waals surface area contributed by atoms with Crippen LogP contribution in [-0.4, -0.2) is 72.1 Å². The summed E-state index contributed by atoms with van der Waals surface area (Å²) in [7, 11) is 1.68. The highest BCUT2D eigenvalue weighted by Gasteiger charge is 2.31. The maximum Gasteiger partial charge on any atom is 0.227 e. The fourth-order valence-electron chi connectivity index (χ4n) is 4.19. The van der Waals surface area contributed by atoms with Crippen molar-refractivity contribution in [2.75, 3.05) is 51.3 Å². The average molecular weight is 396 g/mol. The zero-order valence-electron chi connectivity index (χ0n) is 17.0. The number of benzene rings is 1. The Morgan fingerprint density at radius 1 is 1.07 bits per heavy atom. The summed E-state index contributed by atoms with van der Waals surface area (Å²) in [6, 6.07) is 10.0. The number of aromatic nitrogens is 2. The van der Waals surface area contributed by atoms with Crippen LogP contribution in [0.15, 0.2) is 42.7 Å². The number of carbonyl (C=O) groups is 1. The Morgan fingerprint density at radius 3 is 2.48 bits per heavy atom. The number of hydrogen-bond donors (Lipinski definition) is 0. The first-order chi connectivity index (χ1) is 14.2. The van der Waals surface area contributed by atoms with Crippen molar-refractivity contribution in [1.29, 1.82) is 0 Å². The normalized spacial score (nSPS) is 20.5. The fraction of sp³-hybridized carbons (Fsp3) is 0.500. The van der Waals surface area contributed by atoms with E-state index in [-0.39, 0.29) is 11.8 Å². The number of piperidine rings is 1. The lowest BCUT2D eigenvalue weighted by Crippen LogP contribution is -2.52. The molecule has 2 aliphatic heterocycles. The average Bonchev–Trinajstić information content (AvgIpc) is 2.80. The van der Waals surface area contributed by atoms with Crippen LogP contribution in [0.4, 0.5) is 5.95 Å². The summed E-state index contributed by atoms with van der Waals surface area (Å²) in [6.45, 7) is 5.97. The minimum absolute atomic E-state index is 0.0423. The van der Waals surface area contributed by atoms with Crippen LogP contribution in [0.5, 0.6) is 5.75 Å². The topological polar surface area (TPSA) is 61.8 Å². The smallest absolute Gasteiger partial charge is 0.227 e. The highest BCUT2D eigenvalue weighted by atomic mass is 16.5. The van der Waals surface area contributed by atoms with Crippen molar-refractivity contribution in [3.8, 4) is 5.75 Å². The highest BCUT2D eigenvalue weighted by molar-refractivity contribution is 5.79. The van der Waals surface area contributed by atoms with Gasteiger partial charge in [-0.05, 0) is 36.6 Å². The Hall–Kier alpha value is -2.67. The maximum absolute atomic E-state index is 13.1. The van der Waals surface area contributed by atoms with E-state index in [9.17, 15) is 4.79 Å². The van der Waals surface area contributed by atoms with E-state index < -0.39 is 0 Å². The van der Waals surface area contributed by atoms with Gasteiger partial charge in [-0.3, -0.25) is 9.69 Å². The van der Waals surface area contributed by atoms with Gasteiger partial charge in [0, 0.05) is 58.2 Å². The van der Waals surface area contributed by atoms with Gasteiger partial charge >= 0.3 is 0 Å². The van der Waals surface area contributed by atoms with Crippen LogP contribution < -0.4 is 9.64 Å². The summed E-state index contributed by atoms with van der Waals surface area (Å²) >= 11 is 0. The molecule has 0 unspecified atom stereocenters. The number of methoxy groups -OCH3 is 1. The molecule has 7 heteroatoms. The molecule has 1 aromatic heterocycles. The molecule has 1 amide bonds. The van der Waals surface area contributed by atoms with E-state index in [1.165, 1.54) is 5.56 Å². The predicted octanol–water partition coefficient (Wildman–Crippen LogP) is 2.05. The molecule has 2 fully saturated rings. The van der Waals surface area contributed by atoms with Crippen molar-refractivity contribution in [2.45, 2.75) is 19.4 Å². The van der Waals surface area contributed by atoms with Gasteiger partial charge in [-0.25, -0.2) is 9.97 Å². The lowest BCUT2D eigenvalue weighted by atomic mass is 9.96. The van der Waals surface area contributed by atoms with E-state index in [1.54, 1.807) is 19.5 Å². The first kappa shape index (κ1) is 19.6. The van der Waals surface area contributed by atoms with Crippen molar-refractivity contribution in [2.24, 2.45) is 5.92 Å². The second-order valence-electron chi connectivity index (χ2n) is 7.78. The quantitative estimate of drug-likeness (QED) is 0.772. The molecule has 0 radical (unpaired) electrons. The number of amides is 1. The molecule has 0 aliphatic carbocycles. The van der Waals surface area contributed by atoms with E-state index in [1.807, 2.05) is 23.1 Å². The molecule has 0 spiro atoms. The second kappa shape index (κ2) is 9.22. The molecule has 0 bridgehead atoms. The SMILES string of the molecule is COc1ccc(CN2CCN(C(=O)[C@H]3CCCN(c4ncccn4)C3)CC2)cc1. The second-order valence-corrected chi connectivity index (χ2v) is 7.78. The first-order valence-corrected chi connectivity index (χ1v) is 10.4. The molecule has 0 saturated carbocycles. The minimum atomic E-state index is 0.0423. The van der Waals surface area contributed by atoms with E-state index >= 15 is 0 Å². The van der Waals surface area contributed by atoms with Gasteiger partial charge < -0.3 is 14.5 Å². The molecular formula is C22H29N5O2. The maximum atomic E-state index is 13.1. The fourth-order valence-corrected chi connectivity index (χ4v) is 4.19. The zero-order chi connectivity index (χ0) is 20.1. The molecular weight excluding hydrogens is 366 g/mol. The van der Waals surface area contributed by atoms with E-state index in [0.717, 1.165) is 70.4 Å². The van der Waals surface area contributed by atoms with Gasteiger partial charge in [-0.1, -0.05) is 12.1 Å². The minimum Gasteiger partial charge on any atom is -0.497 e. The van der Waals surface area contributed by atoms with Gasteiger partial charge in [0.25, 0.3) is 0 Å². The van der Waals surface area contributed by atoms with Crippen LogP contribution in [0.25, 0.3) is 0 Å². The third-order valence-corrected chi connectivity index (χ3v) is 5.85. The summed E-state index contributed by atoms with van der Waals surface area (Å²) in [5.74, 6) is 1.94. The van der Waals surface area contributed by atoms with Gasteiger partial charge in [-0.2, -0.15) is 0 Å². The van der Waals surface area contributed by atoms with Gasteiger partial charge in [0.1, 0.15) is 5.75 Å². The van der Waals surface area contributed by atoms with E-state index in [0.29, 0.717) is 0 Å². The molecule has 7 nitrogen and oxygen atoms in total. The standard InChI is InChI=1S/C22H29N5O2/c1-29-20-7-5-18(6-8-20)16-25-12-14-26(15-13-25)21(28)19-4-2-11-27(17-19)22-23-9-3-10-24-22/h3,5-10,19H,2,4,11-17H2,1H3/t19-/m0/s1. The van der Waals surface area contributed by atoms with Crippen molar-refractivity contribution >= 4 is 11.9 Å². The number of ether oxygens (including phenoxy) is 1. The largest absolute Gasteiger partial charge is 0.497 e. The Bertz CT molecular complexity index is 791. The first-order valence-electron chi connectivity index (χ1n) is 10.4. The summed E-state index contributed by atoms with van der Waals surface area (Å²) < 4.78 is 5.22. The van der Waals surface area contributed by atoms with E-state index in [2.05, 4.69) is 31.9 Å². The van der Waals surface area contributed by atoms with E-state index in [4.69, 9.17) is 4.74 Å². The van der Waals surface area contributed by atoms with Crippen LogP contribution in [0, 0.1) is 5.92 Å². The van der Waals surface area contributed by atoms with Crippen LogP contribution in [-0.2, 0) is 11.3 Å². The number of carbonyl (C=O) groups excluding carboxylic acids is 1. The molecule has 1 aromatic carbocycles. The summed E-state index contributed by atoms with van der Waals surface area (Å²) in [4.78, 5) is 28.4. The molecule has 4 rings (SSSR count). The van der Waals surface area contributed by atoms with Crippen LogP contribution in [0.3, 0.4) is 0 Å². The Kier molecular flexibility index (Phi) is 6.24. The molecule has 2 aromatic rings. The van der Waals surface area contributed by atoms with Crippen LogP contribution >= 0.6 is 0 Å². The number of nitrogens with zero attached hydrogens (tertiary/aromatic N) is 5. The van der Waals surface area contributed by atoms with Gasteiger partial charge in [0.15, 0.2) is 0 Å². The van der Waals surface area contributed by atoms with Crippen LogP contribution in [0.1, 0.15) is 18.4 Å². The van der Waals surface area contributed by atoms with Gasteiger partial charge in [-0.15, -0.1) is 0 Å². The molecule has 2 aliphatic rings. The molecule has 2 saturated heterocycles. The predicted molar refractivity (Wildman–Crippen MR) is 112 cm³/mol. The highest BCUT2D eigenvalue weighted by Crippen LogP contribution is 2.23. The number of hydrogen-bond acceptors (Lipinski definition) is 6. The lowest BCUT2D eigenvalue weighted by molar-refractivity contribution is -0.137. The Morgan fingerprint density at radius 2 is 1.79 bits per heavy atom. The van der Waals surface area contributed by atoms with Gasteiger partial charge in [0.05, 0.1) is 13.0 Å². The molecule has 3 heterocycles. The van der Waals surface area contributed by atoms with Crippen molar-refractivity contribution in [1.82, 2.24) is 19.8 Å². The van der Waals surface area contributed by atoms with Crippen molar-refractivity contribution < 1.29 is 9.53 Å². The number of rotatable bonds is 5. The molecule has 0 N–H and O–H groups in total. The summed E-state index contributed by atoms with van der Waals surface area (Å²) in [5, 5.41) is 0. The monoisotopic (exact) mass is 395 g/mol. The Balaban J connectivity index is 1.28. The number of anilines is 1. The molecule has 154 valence electrons. The van der Waals surface area contributed by atoms with Crippen molar-refractivity contribution in [3.05, 3.63) is 48.3 Å². The number of piperazine rings is 1. The van der Waals surface area contributed by atoms with Gasteiger partial charge in [0.2, 0.25) is 11.9 Å². The summed E-state index contributed by atoms with van der Waals surface area (Å²) in [5.41, 5.74) is 1.27. The third-order valence-electron chi connectivity index (χ3n) is 5.85. The van der Waals surface area contributed by atoms with Crippen molar-refractivity contribution in [3.63, 3.8) is 0 Å². The Labute approximate surface area is 172 Å². The summed E-state index contributed by atoms with van der Waals surface area (Å²) in [6.07, 6.45) is 5.48. The zero-order valence-corrected chi connectivity index (χ0v) is 17.0. The third kappa shape index (κ3) is 4.85. The van der Waals surface area contributed by atoms with Crippen LogP contribution in [0.2, 0.25) is 0 Å².